The number of hydrogen-bond donors (Lipinski definition) is 0. The number of unbranched alkanes of at least 4 members (excludes halogenated alkanes) is 5. The summed E-state index contributed by atoms with van der Waals surface area (Å²) in [6.45, 7) is 7.57. The molecular formula is C18H24N6O3. The summed E-state index contributed by atoms with van der Waals surface area (Å²) >= 11 is 0. The third-order valence-corrected chi connectivity index (χ3v) is 4.13. The SMILES string of the molecule is [C-]#[N+]CCCCn1c(=O)n(CCCCC#N)c(=O)n(CCCCC#N)c1=O. The largest absolute Gasteiger partial charge is 0.336 e. The molecule has 27 heavy (non-hydrogen) atoms. The second-order valence-electron chi connectivity index (χ2n) is 6.12. The third-order valence-electron chi connectivity index (χ3n) is 4.13. The van der Waals surface area contributed by atoms with E-state index in [0.29, 0.717) is 57.9 Å². The molecule has 0 N–H and O–H groups in total. The summed E-state index contributed by atoms with van der Waals surface area (Å²) in [5, 5.41) is 17.2. The Kier molecular flexibility index (Phi) is 9.96. The van der Waals surface area contributed by atoms with E-state index in [4.69, 9.17) is 17.1 Å². The van der Waals surface area contributed by atoms with Crippen LogP contribution in [-0.4, -0.2) is 20.2 Å². The van der Waals surface area contributed by atoms with E-state index in [1.807, 2.05) is 12.1 Å². The first-order valence-corrected chi connectivity index (χ1v) is 9.10. The average molecular weight is 372 g/mol. The fraction of sp³-hybridized carbons (Fsp3) is 0.667. The molecule has 9 nitrogen and oxygen atoms in total. The highest BCUT2D eigenvalue weighted by atomic mass is 16.2. The predicted octanol–water partition coefficient (Wildman–Crippen LogP) is 1.26. The summed E-state index contributed by atoms with van der Waals surface area (Å²) < 4.78 is 3.16. The highest BCUT2D eigenvalue weighted by Gasteiger charge is 2.15. The number of hydrogen-bond acceptors (Lipinski definition) is 5. The summed E-state index contributed by atoms with van der Waals surface area (Å²) in [5.41, 5.74) is -1.92. The molecule has 0 spiro atoms. The van der Waals surface area contributed by atoms with Crippen LogP contribution in [0.15, 0.2) is 14.4 Å². The van der Waals surface area contributed by atoms with Crippen molar-refractivity contribution < 1.29 is 0 Å². The number of aromatic nitrogens is 3. The van der Waals surface area contributed by atoms with Crippen molar-refractivity contribution in [2.75, 3.05) is 6.54 Å². The molecule has 0 saturated heterocycles. The highest BCUT2D eigenvalue weighted by Crippen LogP contribution is 1.97. The van der Waals surface area contributed by atoms with E-state index in [1.54, 1.807) is 0 Å². The van der Waals surface area contributed by atoms with Crippen molar-refractivity contribution in [3.05, 3.63) is 42.9 Å². The normalized spacial score (nSPS) is 10.1. The lowest BCUT2D eigenvalue weighted by Gasteiger charge is -2.13. The molecule has 9 heteroatoms. The van der Waals surface area contributed by atoms with E-state index in [9.17, 15) is 14.4 Å². The van der Waals surface area contributed by atoms with Crippen molar-refractivity contribution in [2.24, 2.45) is 0 Å². The Morgan fingerprint density at radius 3 is 1.41 bits per heavy atom. The minimum absolute atomic E-state index is 0.153. The van der Waals surface area contributed by atoms with E-state index in [-0.39, 0.29) is 19.6 Å². The molecule has 0 atom stereocenters. The second kappa shape index (κ2) is 12.3. The first-order valence-electron chi connectivity index (χ1n) is 9.10. The van der Waals surface area contributed by atoms with Crippen LogP contribution in [0.25, 0.3) is 4.85 Å². The molecule has 0 aliphatic rings. The molecule has 0 bridgehead atoms. The molecule has 0 radical (unpaired) electrons. The zero-order chi connectivity index (χ0) is 20.1. The van der Waals surface area contributed by atoms with Gasteiger partial charge < -0.3 is 4.85 Å². The van der Waals surface area contributed by atoms with Gasteiger partial charge in [-0.2, -0.15) is 10.5 Å². The first-order chi connectivity index (χ1) is 13.1. The van der Waals surface area contributed by atoms with Crippen molar-refractivity contribution in [1.82, 2.24) is 13.7 Å². The number of rotatable bonds is 12. The Labute approximate surface area is 157 Å². The minimum atomic E-state index is -0.642. The van der Waals surface area contributed by atoms with Crippen LogP contribution in [0, 0.1) is 29.2 Å². The van der Waals surface area contributed by atoms with Crippen molar-refractivity contribution in [3.8, 4) is 12.1 Å². The predicted molar refractivity (Wildman–Crippen MR) is 98.9 cm³/mol. The lowest BCUT2D eigenvalue weighted by Crippen LogP contribution is -2.54. The van der Waals surface area contributed by atoms with E-state index in [2.05, 4.69) is 4.85 Å². The smallest absolute Gasteiger partial charge is 0.317 e. The maximum Gasteiger partial charge on any atom is 0.336 e. The zero-order valence-electron chi connectivity index (χ0n) is 15.4. The Balaban J connectivity index is 3.15. The van der Waals surface area contributed by atoms with Gasteiger partial charge in [0.1, 0.15) is 0 Å². The molecule has 1 heterocycles. The maximum atomic E-state index is 12.6. The summed E-state index contributed by atoms with van der Waals surface area (Å²) in [7, 11) is 0. The number of nitrogens with zero attached hydrogens (tertiary/aromatic N) is 6. The van der Waals surface area contributed by atoms with Gasteiger partial charge >= 0.3 is 17.1 Å². The molecule has 1 rings (SSSR count). The Bertz CT molecular complexity index is 755. The Morgan fingerprint density at radius 2 is 1.07 bits per heavy atom. The average Bonchev–Trinajstić information content (AvgIpc) is 2.66. The minimum Gasteiger partial charge on any atom is -0.317 e. The highest BCUT2D eigenvalue weighted by molar-refractivity contribution is 4.80. The molecule has 0 aromatic carbocycles. The van der Waals surface area contributed by atoms with Gasteiger partial charge in [-0.15, -0.1) is 0 Å². The van der Waals surface area contributed by atoms with E-state index >= 15 is 0 Å². The maximum absolute atomic E-state index is 12.6. The molecule has 0 unspecified atom stereocenters. The van der Waals surface area contributed by atoms with Crippen LogP contribution in [-0.2, 0) is 19.6 Å². The molecule has 0 amide bonds. The summed E-state index contributed by atoms with van der Waals surface area (Å²) in [5.74, 6) is 0. The zero-order valence-corrected chi connectivity index (χ0v) is 15.4. The van der Waals surface area contributed by atoms with Crippen molar-refractivity contribution in [2.45, 2.75) is 71.0 Å². The van der Waals surface area contributed by atoms with Crippen LogP contribution in [0.2, 0.25) is 0 Å². The van der Waals surface area contributed by atoms with E-state index in [1.165, 1.54) is 0 Å². The van der Waals surface area contributed by atoms with Crippen LogP contribution in [0.4, 0.5) is 0 Å². The van der Waals surface area contributed by atoms with Gasteiger partial charge in [-0.25, -0.2) is 34.7 Å². The summed E-state index contributed by atoms with van der Waals surface area (Å²) in [6.07, 6.45) is 3.86. The van der Waals surface area contributed by atoms with Crippen LogP contribution in [0.1, 0.15) is 51.4 Å². The third kappa shape index (κ3) is 6.60. The van der Waals surface area contributed by atoms with Crippen molar-refractivity contribution >= 4 is 0 Å². The van der Waals surface area contributed by atoms with Gasteiger partial charge in [-0.05, 0) is 32.1 Å². The molecule has 0 saturated carbocycles. The second-order valence-corrected chi connectivity index (χ2v) is 6.12. The lowest BCUT2D eigenvalue weighted by molar-refractivity contribution is 0.421. The van der Waals surface area contributed by atoms with E-state index < -0.39 is 17.1 Å². The molecule has 0 fully saturated rings. The monoisotopic (exact) mass is 372 g/mol. The van der Waals surface area contributed by atoms with Gasteiger partial charge in [0.25, 0.3) is 0 Å². The molecule has 0 aliphatic carbocycles. The molecule has 1 aromatic heterocycles. The standard InChI is InChI=1S/C18H24N6O3/c1-21-12-6-9-15-24-17(26)22(13-7-2-4-10-19)16(25)23(18(24)27)14-8-3-5-11-20/h2-9,12-15H2. The van der Waals surface area contributed by atoms with Gasteiger partial charge in [-0.1, -0.05) is 0 Å². The fourth-order valence-electron chi connectivity index (χ4n) is 2.67. The van der Waals surface area contributed by atoms with Crippen molar-refractivity contribution in [1.29, 1.82) is 10.5 Å². The topological polar surface area (TPSA) is 118 Å². The first kappa shape index (κ1) is 21.9. The van der Waals surface area contributed by atoms with E-state index in [0.717, 1.165) is 13.7 Å². The van der Waals surface area contributed by atoms with Crippen molar-refractivity contribution in [3.63, 3.8) is 0 Å². The lowest BCUT2D eigenvalue weighted by atomic mass is 10.2. The quantitative estimate of drug-likeness (QED) is 0.404. The van der Waals surface area contributed by atoms with Crippen LogP contribution >= 0.6 is 0 Å². The van der Waals surface area contributed by atoms with Crippen LogP contribution < -0.4 is 17.1 Å². The Morgan fingerprint density at radius 1 is 0.704 bits per heavy atom. The van der Waals surface area contributed by atoms with Crippen LogP contribution in [0.3, 0.4) is 0 Å². The summed E-state index contributed by atoms with van der Waals surface area (Å²) in [4.78, 5) is 41.1. The summed E-state index contributed by atoms with van der Waals surface area (Å²) in [6, 6.07) is 4.04. The van der Waals surface area contributed by atoms with Gasteiger partial charge in [0.15, 0.2) is 0 Å². The number of nitriles is 2. The molecule has 144 valence electrons. The fourth-order valence-corrected chi connectivity index (χ4v) is 2.67. The molecule has 1 aromatic rings. The van der Waals surface area contributed by atoms with Gasteiger partial charge in [0.2, 0.25) is 6.54 Å². The van der Waals surface area contributed by atoms with Gasteiger partial charge in [0.05, 0.1) is 12.1 Å². The molecular weight excluding hydrogens is 348 g/mol. The van der Waals surface area contributed by atoms with Gasteiger partial charge in [-0.3, -0.25) is 0 Å². The molecule has 0 aliphatic heterocycles. The Hall–Kier alpha value is -3.12. The van der Waals surface area contributed by atoms with Gasteiger partial charge in [0, 0.05) is 38.9 Å². The van der Waals surface area contributed by atoms with Crippen LogP contribution in [0.5, 0.6) is 0 Å².